The lowest BCUT2D eigenvalue weighted by atomic mass is 9.95. The van der Waals surface area contributed by atoms with E-state index in [2.05, 4.69) is 41.9 Å². The van der Waals surface area contributed by atoms with E-state index in [1.165, 1.54) is 5.56 Å². The average Bonchev–Trinajstić information content (AvgIpc) is 2.19. The third kappa shape index (κ3) is 2.24. The average molecular weight is 287 g/mol. The predicted molar refractivity (Wildman–Crippen MR) is 69.0 cm³/mol. The van der Waals surface area contributed by atoms with Crippen molar-refractivity contribution in [2.75, 3.05) is 0 Å². The van der Waals surface area contributed by atoms with Gasteiger partial charge in [0.1, 0.15) is 0 Å². The van der Waals surface area contributed by atoms with Crippen LogP contribution in [-0.2, 0) is 5.75 Å². The van der Waals surface area contributed by atoms with Crippen LogP contribution < -0.4 is 0 Å². The van der Waals surface area contributed by atoms with Crippen LogP contribution in [0.1, 0.15) is 31.1 Å². The second-order valence-electron chi connectivity index (χ2n) is 4.31. The molecule has 0 bridgehead atoms. The minimum Gasteiger partial charge on any atom is -0.387 e. The largest absolute Gasteiger partial charge is 0.387 e. The van der Waals surface area contributed by atoms with Gasteiger partial charge in [-0.2, -0.15) is 11.8 Å². The van der Waals surface area contributed by atoms with E-state index in [1.807, 2.05) is 17.8 Å². The maximum Gasteiger partial charge on any atom is 0.0914 e. The van der Waals surface area contributed by atoms with Gasteiger partial charge in [0.2, 0.25) is 0 Å². The summed E-state index contributed by atoms with van der Waals surface area (Å²) >= 11 is 5.32. The van der Waals surface area contributed by atoms with E-state index < -0.39 is 0 Å². The summed E-state index contributed by atoms with van der Waals surface area (Å²) in [5, 5.41) is 10.6. The van der Waals surface area contributed by atoms with Crippen LogP contribution in [0.4, 0.5) is 0 Å². The van der Waals surface area contributed by atoms with E-state index >= 15 is 0 Å². The normalized spacial score (nSPS) is 25.4. The van der Waals surface area contributed by atoms with Crippen LogP contribution in [0.25, 0.3) is 0 Å². The van der Waals surface area contributed by atoms with Gasteiger partial charge in [-0.05, 0) is 29.2 Å². The van der Waals surface area contributed by atoms with Gasteiger partial charge in [-0.25, -0.2) is 0 Å². The number of aliphatic hydroxyl groups is 1. The third-order valence-electron chi connectivity index (χ3n) is 2.83. The Kier molecular flexibility index (Phi) is 3.43. The molecule has 2 atom stereocenters. The molecule has 1 aromatic rings. The monoisotopic (exact) mass is 286 g/mol. The Morgan fingerprint density at radius 1 is 1.47 bits per heavy atom. The number of rotatable bonds is 1. The van der Waals surface area contributed by atoms with Crippen LogP contribution in [0.3, 0.4) is 0 Å². The molecule has 1 aliphatic rings. The summed E-state index contributed by atoms with van der Waals surface area (Å²) < 4.78 is 1.05. The number of aliphatic hydroxyl groups excluding tert-OH is 1. The molecule has 1 aliphatic heterocycles. The van der Waals surface area contributed by atoms with Gasteiger partial charge in [-0.1, -0.05) is 35.8 Å². The first-order valence-corrected chi connectivity index (χ1v) is 7.01. The molecule has 1 heterocycles. The van der Waals surface area contributed by atoms with Crippen molar-refractivity contribution in [3.63, 3.8) is 0 Å². The maximum atomic E-state index is 10.3. The molecule has 2 rings (SSSR count). The fourth-order valence-corrected chi connectivity index (χ4v) is 3.71. The molecular weight excluding hydrogens is 272 g/mol. The quantitative estimate of drug-likeness (QED) is 0.848. The van der Waals surface area contributed by atoms with Crippen molar-refractivity contribution in [3.8, 4) is 0 Å². The van der Waals surface area contributed by atoms with Gasteiger partial charge in [-0.15, -0.1) is 0 Å². The highest BCUT2D eigenvalue weighted by molar-refractivity contribution is 9.10. The number of benzene rings is 1. The highest BCUT2D eigenvalue weighted by Gasteiger charge is 2.30. The highest BCUT2D eigenvalue weighted by atomic mass is 79.9. The fraction of sp³-hybridized carbons (Fsp3) is 0.500. The molecule has 1 N–H and O–H groups in total. The number of fused-ring (bicyclic) bond motifs is 1. The van der Waals surface area contributed by atoms with Crippen molar-refractivity contribution in [1.29, 1.82) is 0 Å². The number of hydrogen-bond acceptors (Lipinski definition) is 2. The minimum atomic E-state index is -0.323. The Hall–Kier alpha value is 0.01000. The summed E-state index contributed by atoms with van der Waals surface area (Å²) in [7, 11) is 0. The van der Waals surface area contributed by atoms with E-state index in [1.54, 1.807) is 0 Å². The van der Waals surface area contributed by atoms with Crippen molar-refractivity contribution in [1.82, 2.24) is 0 Å². The molecule has 1 aromatic carbocycles. The van der Waals surface area contributed by atoms with Crippen molar-refractivity contribution in [2.45, 2.75) is 31.0 Å². The zero-order chi connectivity index (χ0) is 11.0. The lowest BCUT2D eigenvalue weighted by Crippen LogP contribution is -2.25. The molecule has 3 heteroatoms. The molecule has 1 nitrogen and oxygen atoms in total. The van der Waals surface area contributed by atoms with Crippen LogP contribution in [0.2, 0.25) is 0 Å². The fourth-order valence-electron chi connectivity index (χ4n) is 1.98. The molecule has 0 aliphatic carbocycles. The SMILES string of the molecule is CC(C)C1SCc2ccc(Br)cc2C1O. The van der Waals surface area contributed by atoms with Crippen LogP contribution in [0.15, 0.2) is 22.7 Å². The summed E-state index contributed by atoms with van der Waals surface area (Å²) in [6, 6.07) is 6.20. The Labute approximate surface area is 103 Å². The Bertz CT molecular complexity index is 365. The molecule has 0 fully saturated rings. The van der Waals surface area contributed by atoms with E-state index in [9.17, 15) is 5.11 Å². The summed E-state index contributed by atoms with van der Waals surface area (Å²) in [5.41, 5.74) is 2.37. The molecule has 0 saturated carbocycles. The second-order valence-corrected chi connectivity index (χ2v) is 6.39. The number of thioether (sulfide) groups is 1. The molecule has 0 amide bonds. The first kappa shape index (κ1) is 11.5. The number of halogens is 1. The molecule has 0 radical (unpaired) electrons. The lowest BCUT2D eigenvalue weighted by molar-refractivity contribution is 0.156. The topological polar surface area (TPSA) is 20.2 Å². The van der Waals surface area contributed by atoms with Crippen molar-refractivity contribution in [2.24, 2.45) is 5.92 Å². The molecule has 0 saturated heterocycles. The predicted octanol–water partition coefficient (Wildman–Crippen LogP) is 3.75. The first-order chi connectivity index (χ1) is 7.09. The van der Waals surface area contributed by atoms with E-state index in [0.717, 1.165) is 15.8 Å². The van der Waals surface area contributed by atoms with Crippen molar-refractivity contribution >= 4 is 27.7 Å². The van der Waals surface area contributed by atoms with Crippen molar-refractivity contribution < 1.29 is 5.11 Å². The lowest BCUT2D eigenvalue weighted by Gasteiger charge is -2.32. The van der Waals surface area contributed by atoms with Gasteiger partial charge in [0.15, 0.2) is 0 Å². The summed E-state index contributed by atoms with van der Waals surface area (Å²) in [6.45, 7) is 4.34. The van der Waals surface area contributed by atoms with E-state index in [-0.39, 0.29) is 6.10 Å². The van der Waals surface area contributed by atoms with E-state index in [0.29, 0.717) is 11.2 Å². The molecule has 0 spiro atoms. The third-order valence-corrected chi connectivity index (χ3v) is 4.98. The smallest absolute Gasteiger partial charge is 0.0914 e. The molecule has 2 unspecified atom stereocenters. The zero-order valence-corrected chi connectivity index (χ0v) is 11.3. The standard InChI is InChI=1S/C12H15BrOS/c1-7(2)12-11(14)10-5-9(13)4-3-8(10)6-15-12/h3-5,7,11-12,14H,6H2,1-2H3. The summed E-state index contributed by atoms with van der Waals surface area (Å²) in [5.74, 6) is 1.53. The van der Waals surface area contributed by atoms with Crippen LogP contribution in [0, 0.1) is 5.92 Å². The first-order valence-electron chi connectivity index (χ1n) is 5.17. The minimum absolute atomic E-state index is 0.323. The molecular formula is C12H15BrOS. The van der Waals surface area contributed by atoms with Gasteiger partial charge in [0, 0.05) is 15.5 Å². The molecule has 0 aromatic heterocycles. The van der Waals surface area contributed by atoms with Gasteiger partial charge in [0.25, 0.3) is 0 Å². The van der Waals surface area contributed by atoms with Gasteiger partial charge in [-0.3, -0.25) is 0 Å². The number of hydrogen-bond donors (Lipinski definition) is 1. The molecule has 15 heavy (non-hydrogen) atoms. The summed E-state index contributed by atoms with van der Waals surface area (Å²) in [6.07, 6.45) is -0.323. The van der Waals surface area contributed by atoms with Gasteiger partial charge < -0.3 is 5.11 Å². The second kappa shape index (κ2) is 4.48. The van der Waals surface area contributed by atoms with Gasteiger partial charge in [0.05, 0.1) is 6.10 Å². The molecule has 82 valence electrons. The Balaban J connectivity index is 2.36. The maximum absolute atomic E-state index is 10.3. The van der Waals surface area contributed by atoms with Crippen LogP contribution in [-0.4, -0.2) is 10.4 Å². The summed E-state index contributed by atoms with van der Waals surface area (Å²) in [4.78, 5) is 0. The Morgan fingerprint density at radius 2 is 2.20 bits per heavy atom. The Morgan fingerprint density at radius 3 is 2.87 bits per heavy atom. The van der Waals surface area contributed by atoms with Crippen molar-refractivity contribution in [3.05, 3.63) is 33.8 Å². The highest BCUT2D eigenvalue weighted by Crippen LogP contribution is 2.41. The van der Waals surface area contributed by atoms with Crippen LogP contribution in [0.5, 0.6) is 0 Å². The van der Waals surface area contributed by atoms with Crippen LogP contribution >= 0.6 is 27.7 Å². The van der Waals surface area contributed by atoms with E-state index in [4.69, 9.17) is 0 Å². The van der Waals surface area contributed by atoms with Gasteiger partial charge >= 0.3 is 0 Å². The zero-order valence-electron chi connectivity index (χ0n) is 8.90.